The van der Waals surface area contributed by atoms with Crippen molar-refractivity contribution < 1.29 is 0 Å². The van der Waals surface area contributed by atoms with E-state index in [4.69, 9.17) is 0 Å². The van der Waals surface area contributed by atoms with Crippen molar-refractivity contribution in [1.29, 1.82) is 0 Å². The van der Waals surface area contributed by atoms with Gasteiger partial charge in [0.05, 0.1) is 5.52 Å². The molecule has 1 aliphatic rings. The lowest BCUT2D eigenvalue weighted by Crippen LogP contribution is -2.27. The van der Waals surface area contributed by atoms with Crippen LogP contribution in [0.4, 0.5) is 0 Å². The van der Waals surface area contributed by atoms with E-state index in [1.165, 1.54) is 48.6 Å². The highest BCUT2D eigenvalue weighted by atomic mass is 14.9. The zero-order chi connectivity index (χ0) is 13.8. The van der Waals surface area contributed by atoms with Gasteiger partial charge in [-0.2, -0.15) is 0 Å². The number of nitrogens with zero attached hydrogens (tertiary/aromatic N) is 1. The Morgan fingerprint density at radius 1 is 1.25 bits per heavy atom. The Balaban J connectivity index is 1.90. The number of hydrogen-bond donors (Lipinski definition) is 1. The average molecular weight is 268 g/mol. The van der Waals surface area contributed by atoms with Crippen LogP contribution in [0.5, 0.6) is 0 Å². The van der Waals surface area contributed by atoms with Gasteiger partial charge in [-0.15, -0.1) is 0 Å². The lowest BCUT2D eigenvalue weighted by atomic mass is 9.79. The Morgan fingerprint density at radius 2 is 2.10 bits per heavy atom. The smallest absolute Gasteiger partial charge is 0.0749 e. The number of benzene rings is 1. The molecule has 3 rings (SSSR count). The van der Waals surface area contributed by atoms with Gasteiger partial charge in [0.1, 0.15) is 0 Å². The SMILES string of the molecule is CCCNC(CC1CCC1)c1cccc2cccnc12. The van der Waals surface area contributed by atoms with Crippen molar-refractivity contribution in [3.8, 4) is 0 Å². The third-order valence-corrected chi connectivity index (χ3v) is 4.47. The lowest BCUT2D eigenvalue weighted by Gasteiger charge is -2.30. The molecule has 2 aromatic rings. The van der Waals surface area contributed by atoms with Crippen LogP contribution in [0.15, 0.2) is 36.5 Å². The molecule has 1 atom stereocenters. The molecule has 1 fully saturated rings. The van der Waals surface area contributed by atoms with E-state index in [9.17, 15) is 0 Å². The first-order valence-corrected chi connectivity index (χ1v) is 7.95. The fourth-order valence-corrected chi connectivity index (χ4v) is 3.11. The second-order valence-electron chi connectivity index (χ2n) is 5.96. The van der Waals surface area contributed by atoms with E-state index in [0.29, 0.717) is 6.04 Å². The molecule has 2 nitrogen and oxygen atoms in total. The molecule has 1 N–H and O–H groups in total. The van der Waals surface area contributed by atoms with Crippen molar-refractivity contribution in [3.63, 3.8) is 0 Å². The zero-order valence-corrected chi connectivity index (χ0v) is 12.3. The van der Waals surface area contributed by atoms with Crippen LogP contribution in [-0.2, 0) is 0 Å². The summed E-state index contributed by atoms with van der Waals surface area (Å²) >= 11 is 0. The first-order valence-electron chi connectivity index (χ1n) is 7.95. The summed E-state index contributed by atoms with van der Waals surface area (Å²) in [5, 5.41) is 4.99. The zero-order valence-electron chi connectivity index (χ0n) is 12.3. The minimum absolute atomic E-state index is 0.457. The molecule has 0 amide bonds. The lowest BCUT2D eigenvalue weighted by molar-refractivity contribution is 0.261. The van der Waals surface area contributed by atoms with Crippen molar-refractivity contribution >= 4 is 10.9 Å². The van der Waals surface area contributed by atoms with Gasteiger partial charge >= 0.3 is 0 Å². The third kappa shape index (κ3) is 2.85. The van der Waals surface area contributed by atoms with Crippen LogP contribution >= 0.6 is 0 Å². The van der Waals surface area contributed by atoms with Crippen LogP contribution in [0.2, 0.25) is 0 Å². The molecule has 0 radical (unpaired) electrons. The quantitative estimate of drug-likeness (QED) is 0.836. The fourth-order valence-electron chi connectivity index (χ4n) is 3.11. The summed E-state index contributed by atoms with van der Waals surface area (Å²) in [6, 6.07) is 11.2. The van der Waals surface area contributed by atoms with Gasteiger partial charge in [-0.1, -0.05) is 50.5 Å². The summed E-state index contributed by atoms with van der Waals surface area (Å²) in [4.78, 5) is 4.62. The highest BCUT2D eigenvalue weighted by Gasteiger charge is 2.23. The second-order valence-corrected chi connectivity index (χ2v) is 5.96. The Bertz CT molecular complexity index is 555. The molecule has 1 aromatic heterocycles. The molecule has 1 aromatic carbocycles. The molecule has 0 aliphatic heterocycles. The van der Waals surface area contributed by atoms with E-state index >= 15 is 0 Å². The molecular weight excluding hydrogens is 244 g/mol. The van der Waals surface area contributed by atoms with E-state index < -0.39 is 0 Å². The van der Waals surface area contributed by atoms with E-state index in [1.807, 2.05) is 12.3 Å². The van der Waals surface area contributed by atoms with Crippen LogP contribution in [0, 0.1) is 5.92 Å². The predicted octanol–water partition coefficient (Wildman–Crippen LogP) is 4.47. The summed E-state index contributed by atoms with van der Waals surface area (Å²) in [7, 11) is 0. The molecule has 2 heteroatoms. The monoisotopic (exact) mass is 268 g/mol. The third-order valence-electron chi connectivity index (χ3n) is 4.47. The van der Waals surface area contributed by atoms with E-state index in [0.717, 1.165) is 12.5 Å². The largest absolute Gasteiger partial charge is 0.310 e. The summed E-state index contributed by atoms with van der Waals surface area (Å²) in [6.45, 7) is 3.31. The number of nitrogens with one attached hydrogen (secondary N) is 1. The second kappa shape index (κ2) is 6.36. The highest BCUT2D eigenvalue weighted by molar-refractivity contribution is 5.82. The molecule has 106 valence electrons. The van der Waals surface area contributed by atoms with Crippen LogP contribution in [0.3, 0.4) is 0 Å². The van der Waals surface area contributed by atoms with Crippen molar-refractivity contribution in [2.24, 2.45) is 5.92 Å². The van der Waals surface area contributed by atoms with Gasteiger partial charge < -0.3 is 5.32 Å². The van der Waals surface area contributed by atoms with Crippen molar-refractivity contribution in [1.82, 2.24) is 10.3 Å². The molecule has 0 spiro atoms. The van der Waals surface area contributed by atoms with Crippen LogP contribution < -0.4 is 5.32 Å². The summed E-state index contributed by atoms with van der Waals surface area (Å²) < 4.78 is 0. The van der Waals surface area contributed by atoms with E-state index in [2.05, 4.69) is 41.5 Å². The topological polar surface area (TPSA) is 24.9 Å². The number of aromatic nitrogens is 1. The van der Waals surface area contributed by atoms with Crippen molar-refractivity contribution in [2.75, 3.05) is 6.54 Å². The van der Waals surface area contributed by atoms with Crippen molar-refractivity contribution in [3.05, 3.63) is 42.1 Å². The van der Waals surface area contributed by atoms with Crippen LogP contribution in [0.1, 0.15) is 50.6 Å². The minimum Gasteiger partial charge on any atom is -0.310 e. The summed E-state index contributed by atoms with van der Waals surface area (Å²) in [6.07, 6.45) is 8.57. The van der Waals surface area contributed by atoms with Crippen LogP contribution in [0.25, 0.3) is 10.9 Å². The maximum absolute atomic E-state index is 4.62. The number of rotatable bonds is 6. The van der Waals surface area contributed by atoms with Gasteiger partial charge in [-0.3, -0.25) is 4.98 Å². The van der Waals surface area contributed by atoms with Gasteiger partial charge in [0.25, 0.3) is 0 Å². The Labute approximate surface area is 121 Å². The molecule has 1 heterocycles. The van der Waals surface area contributed by atoms with Gasteiger partial charge in [0.2, 0.25) is 0 Å². The Hall–Kier alpha value is -1.41. The molecular formula is C18H24N2. The summed E-state index contributed by atoms with van der Waals surface area (Å²) in [5.74, 6) is 0.906. The number of hydrogen-bond acceptors (Lipinski definition) is 2. The van der Waals surface area contributed by atoms with Gasteiger partial charge in [0.15, 0.2) is 0 Å². The molecule has 0 saturated heterocycles. The van der Waals surface area contributed by atoms with Crippen molar-refractivity contribution in [2.45, 2.75) is 45.1 Å². The average Bonchev–Trinajstić information content (AvgIpc) is 2.45. The van der Waals surface area contributed by atoms with Gasteiger partial charge in [-0.25, -0.2) is 0 Å². The molecule has 0 bridgehead atoms. The number of pyridine rings is 1. The molecule has 20 heavy (non-hydrogen) atoms. The predicted molar refractivity (Wildman–Crippen MR) is 84.7 cm³/mol. The van der Waals surface area contributed by atoms with E-state index in [-0.39, 0.29) is 0 Å². The highest BCUT2D eigenvalue weighted by Crippen LogP contribution is 2.36. The normalized spacial score (nSPS) is 17.1. The summed E-state index contributed by atoms with van der Waals surface area (Å²) in [5.41, 5.74) is 2.55. The molecule has 1 aliphatic carbocycles. The van der Waals surface area contributed by atoms with Crippen LogP contribution in [-0.4, -0.2) is 11.5 Å². The maximum atomic E-state index is 4.62. The minimum atomic E-state index is 0.457. The van der Waals surface area contributed by atoms with Gasteiger partial charge in [-0.05, 0) is 36.9 Å². The molecule has 1 unspecified atom stereocenters. The Morgan fingerprint density at radius 3 is 2.85 bits per heavy atom. The standard InChI is InChI=1S/C18H24N2/c1-2-11-19-17(13-14-6-3-7-14)16-10-4-8-15-9-5-12-20-18(15)16/h4-5,8-10,12,14,17,19H,2-3,6-7,11,13H2,1H3. The number of fused-ring (bicyclic) bond motifs is 1. The maximum Gasteiger partial charge on any atom is 0.0749 e. The number of para-hydroxylation sites is 1. The Kier molecular flexibility index (Phi) is 4.31. The van der Waals surface area contributed by atoms with Gasteiger partial charge in [0, 0.05) is 17.6 Å². The fraction of sp³-hybridized carbons (Fsp3) is 0.500. The first-order chi connectivity index (χ1) is 9.88. The first kappa shape index (κ1) is 13.6. The molecule has 1 saturated carbocycles. The van der Waals surface area contributed by atoms with E-state index in [1.54, 1.807) is 0 Å².